The molecule has 0 aromatic heterocycles. The number of aliphatic hydroxyl groups is 1. The zero-order valence-electron chi connectivity index (χ0n) is 9.04. The van der Waals surface area contributed by atoms with Crippen LogP contribution in [0.15, 0.2) is 18.2 Å². The lowest BCUT2D eigenvalue weighted by molar-refractivity contribution is 0.0996. The molecule has 0 fully saturated rings. The van der Waals surface area contributed by atoms with Gasteiger partial charge in [0.05, 0.1) is 4.83 Å². The summed E-state index contributed by atoms with van der Waals surface area (Å²) in [5.74, 6) is 0.0237. The average Bonchev–Trinajstić information content (AvgIpc) is 2.26. The molecule has 0 bridgehead atoms. The minimum absolute atomic E-state index is 0.0237. The summed E-state index contributed by atoms with van der Waals surface area (Å²) in [6.45, 7) is 1.94. The molecule has 1 unspecified atom stereocenters. The van der Waals surface area contributed by atoms with Gasteiger partial charge in [0.1, 0.15) is 0 Å². The van der Waals surface area contributed by atoms with Crippen molar-refractivity contribution < 1.29 is 9.90 Å². The Bertz CT molecular complexity index is 377. The van der Waals surface area contributed by atoms with E-state index in [1.807, 2.05) is 6.07 Å². The zero-order valence-corrected chi connectivity index (χ0v) is 11.4. The van der Waals surface area contributed by atoms with Crippen LogP contribution in [0.4, 0.5) is 0 Å². The highest BCUT2D eigenvalue weighted by atomic mass is 79.9. The molecular weight excluding hydrogens is 291 g/mol. The number of Topliss-reactive ketones (excluding diaryl/α,β-unsaturated/α-hetero) is 1. The van der Waals surface area contributed by atoms with Crippen LogP contribution in [0.1, 0.15) is 29.3 Å². The summed E-state index contributed by atoms with van der Waals surface area (Å²) < 4.78 is 0. The Labute approximate surface area is 109 Å². The number of alkyl halides is 1. The Morgan fingerprint density at radius 1 is 1.56 bits per heavy atom. The van der Waals surface area contributed by atoms with E-state index in [4.69, 9.17) is 16.7 Å². The largest absolute Gasteiger partial charge is 0.396 e. The van der Waals surface area contributed by atoms with E-state index < -0.39 is 0 Å². The number of ketones is 1. The second kappa shape index (κ2) is 6.38. The quantitative estimate of drug-likeness (QED) is 0.670. The summed E-state index contributed by atoms with van der Waals surface area (Å²) in [5, 5.41) is 9.32. The summed E-state index contributed by atoms with van der Waals surface area (Å²) in [6.07, 6.45) is 1.41. The first-order chi connectivity index (χ1) is 7.56. The van der Waals surface area contributed by atoms with Crippen molar-refractivity contribution in [3.05, 3.63) is 34.3 Å². The molecule has 0 amide bonds. The van der Waals surface area contributed by atoms with Gasteiger partial charge in [0.2, 0.25) is 0 Å². The monoisotopic (exact) mass is 304 g/mol. The van der Waals surface area contributed by atoms with Gasteiger partial charge < -0.3 is 5.11 Å². The molecule has 1 N–H and O–H groups in total. The van der Waals surface area contributed by atoms with E-state index >= 15 is 0 Å². The fraction of sp³-hybridized carbons (Fsp3) is 0.417. The zero-order chi connectivity index (χ0) is 12.1. The van der Waals surface area contributed by atoms with Gasteiger partial charge in [0, 0.05) is 17.2 Å². The Kier molecular flexibility index (Phi) is 5.46. The molecule has 88 valence electrons. The summed E-state index contributed by atoms with van der Waals surface area (Å²) in [7, 11) is 0. The van der Waals surface area contributed by atoms with Crippen LogP contribution >= 0.6 is 27.5 Å². The van der Waals surface area contributed by atoms with Crippen molar-refractivity contribution >= 4 is 33.3 Å². The van der Waals surface area contributed by atoms with Crippen LogP contribution < -0.4 is 0 Å². The number of hydrogen-bond donors (Lipinski definition) is 1. The Hall–Kier alpha value is -0.380. The summed E-state index contributed by atoms with van der Waals surface area (Å²) in [6, 6.07) is 5.31. The van der Waals surface area contributed by atoms with Gasteiger partial charge in [0.25, 0.3) is 0 Å². The van der Waals surface area contributed by atoms with Gasteiger partial charge in [-0.25, -0.2) is 0 Å². The first-order valence-corrected chi connectivity index (χ1v) is 6.43. The maximum absolute atomic E-state index is 11.7. The lowest BCUT2D eigenvalue weighted by atomic mass is 10.0. The number of hydrogen-bond acceptors (Lipinski definition) is 2. The van der Waals surface area contributed by atoms with E-state index in [9.17, 15) is 4.79 Å². The highest BCUT2D eigenvalue weighted by Gasteiger charge is 2.13. The summed E-state index contributed by atoms with van der Waals surface area (Å²) in [4.78, 5) is 11.5. The molecule has 0 aliphatic rings. The lowest BCUT2D eigenvalue weighted by Gasteiger charge is -2.07. The molecule has 2 nitrogen and oxygen atoms in total. The molecule has 0 aliphatic carbocycles. The van der Waals surface area contributed by atoms with Crippen molar-refractivity contribution in [3.8, 4) is 0 Å². The van der Waals surface area contributed by atoms with Crippen molar-refractivity contribution in [1.82, 2.24) is 0 Å². The number of aryl methyl sites for hydroxylation is 1. The third-order valence-corrected chi connectivity index (χ3v) is 3.07. The number of rotatable bonds is 5. The van der Waals surface area contributed by atoms with Gasteiger partial charge in [-0.1, -0.05) is 39.7 Å². The minimum atomic E-state index is -0.202. The molecule has 0 heterocycles. The number of aliphatic hydroxyl groups excluding tert-OH is 1. The maximum Gasteiger partial charge on any atom is 0.176 e. The number of halogens is 2. The lowest BCUT2D eigenvalue weighted by Crippen LogP contribution is -2.10. The molecule has 1 aromatic carbocycles. The fourth-order valence-corrected chi connectivity index (χ4v) is 1.94. The molecule has 0 spiro atoms. The predicted octanol–water partition coefficient (Wildman–Crippen LogP) is 3.23. The number of carbonyl (C=O) groups excluding carboxylic acids is 1. The van der Waals surface area contributed by atoms with Gasteiger partial charge in [-0.15, -0.1) is 0 Å². The fourth-order valence-electron chi connectivity index (χ4n) is 1.40. The molecule has 0 saturated carbocycles. The van der Waals surface area contributed by atoms with E-state index in [1.54, 1.807) is 19.1 Å². The van der Waals surface area contributed by atoms with Crippen molar-refractivity contribution in [2.45, 2.75) is 24.6 Å². The van der Waals surface area contributed by atoms with Crippen LogP contribution in [0.5, 0.6) is 0 Å². The number of benzene rings is 1. The molecule has 16 heavy (non-hydrogen) atoms. The molecule has 1 rings (SSSR count). The normalized spacial score (nSPS) is 12.5. The predicted molar refractivity (Wildman–Crippen MR) is 69.6 cm³/mol. The first kappa shape index (κ1) is 13.7. The van der Waals surface area contributed by atoms with Crippen LogP contribution in [0.25, 0.3) is 0 Å². The van der Waals surface area contributed by atoms with Crippen LogP contribution in [0, 0.1) is 0 Å². The van der Waals surface area contributed by atoms with Gasteiger partial charge in [0.15, 0.2) is 5.78 Å². The smallest absolute Gasteiger partial charge is 0.176 e. The molecular formula is C12H14BrClO2. The van der Waals surface area contributed by atoms with Crippen molar-refractivity contribution in [1.29, 1.82) is 0 Å². The average molecular weight is 306 g/mol. The second-order valence-corrected chi connectivity index (χ2v) is 5.39. The Balaban J connectivity index is 2.86. The van der Waals surface area contributed by atoms with Gasteiger partial charge >= 0.3 is 0 Å². The van der Waals surface area contributed by atoms with Gasteiger partial charge in [-0.05, 0) is 31.4 Å². The first-order valence-electron chi connectivity index (χ1n) is 5.14. The van der Waals surface area contributed by atoms with E-state index in [-0.39, 0.29) is 17.2 Å². The Morgan fingerprint density at radius 2 is 2.25 bits per heavy atom. The van der Waals surface area contributed by atoms with E-state index in [2.05, 4.69) is 15.9 Å². The van der Waals surface area contributed by atoms with E-state index in [0.717, 1.165) is 12.0 Å². The van der Waals surface area contributed by atoms with Crippen LogP contribution in [-0.2, 0) is 6.42 Å². The van der Waals surface area contributed by atoms with Crippen LogP contribution in [0.2, 0.25) is 5.02 Å². The molecule has 0 saturated heterocycles. The standard InChI is InChI=1S/C12H14BrClO2/c1-8(13)12(16)10-5-4-9(3-2-6-15)11(14)7-10/h4-5,7-8,15H,2-3,6H2,1H3. The highest BCUT2D eigenvalue weighted by Crippen LogP contribution is 2.21. The van der Waals surface area contributed by atoms with Crippen LogP contribution in [0.3, 0.4) is 0 Å². The SMILES string of the molecule is CC(Br)C(=O)c1ccc(CCCO)c(Cl)c1. The molecule has 1 aromatic rings. The van der Waals surface area contributed by atoms with E-state index in [1.165, 1.54) is 0 Å². The molecule has 1 atom stereocenters. The van der Waals surface area contributed by atoms with Crippen molar-refractivity contribution in [2.24, 2.45) is 0 Å². The maximum atomic E-state index is 11.7. The second-order valence-electron chi connectivity index (χ2n) is 3.61. The molecule has 0 aliphatic heterocycles. The van der Waals surface area contributed by atoms with Gasteiger partial charge in [-0.2, -0.15) is 0 Å². The Morgan fingerprint density at radius 3 is 2.75 bits per heavy atom. The minimum Gasteiger partial charge on any atom is -0.396 e. The summed E-state index contributed by atoms with van der Waals surface area (Å²) in [5.41, 5.74) is 1.58. The molecule has 0 radical (unpaired) electrons. The van der Waals surface area contributed by atoms with Crippen molar-refractivity contribution in [2.75, 3.05) is 6.61 Å². The van der Waals surface area contributed by atoms with Crippen LogP contribution in [-0.4, -0.2) is 22.3 Å². The topological polar surface area (TPSA) is 37.3 Å². The van der Waals surface area contributed by atoms with E-state index in [0.29, 0.717) is 17.0 Å². The van der Waals surface area contributed by atoms with Gasteiger partial charge in [-0.3, -0.25) is 4.79 Å². The highest BCUT2D eigenvalue weighted by molar-refractivity contribution is 9.10. The third-order valence-electron chi connectivity index (χ3n) is 2.30. The summed E-state index contributed by atoms with van der Waals surface area (Å²) >= 11 is 9.30. The third kappa shape index (κ3) is 3.58. The number of carbonyl (C=O) groups is 1. The van der Waals surface area contributed by atoms with Crippen molar-refractivity contribution in [3.63, 3.8) is 0 Å². The molecule has 4 heteroatoms.